The minimum absolute atomic E-state index is 0.0427. The van der Waals surface area contributed by atoms with Gasteiger partial charge in [-0.2, -0.15) is 4.98 Å². The predicted octanol–water partition coefficient (Wildman–Crippen LogP) is 2.89. The Morgan fingerprint density at radius 2 is 1.80 bits per heavy atom. The van der Waals surface area contributed by atoms with E-state index in [1.54, 1.807) is 6.20 Å². The molecule has 182 valence electrons. The van der Waals surface area contributed by atoms with Gasteiger partial charge >= 0.3 is 0 Å². The molecule has 0 radical (unpaired) electrons. The summed E-state index contributed by atoms with van der Waals surface area (Å²) in [6, 6.07) is 17.8. The Labute approximate surface area is 207 Å². The molecule has 35 heavy (non-hydrogen) atoms. The van der Waals surface area contributed by atoms with Gasteiger partial charge in [-0.3, -0.25) is 19.6 Å². The van der Waals surface area contributed by atoms with Crippen LogP contribution in [0.5, 0.6) is 0 Å². The zero-order valence-corrected chi connectivity index (χ0v) is 20.6. The molecule has 0 bridgehead atoms. The summed E-state index contributed by atoms with van der Waals surface area (Å²) < 4.78 is 7.14. The van der Waals surface area contributed by atoms with Gasteiger partial charge < -0.3 is 10.4 Å². The van der Waals surface area contributed by atoms with E-state index in [1.807, 2.05) is 61.5 Å². The van der Waals surface area contributed by atoms with Gasteiger partial charge in [0, 0.05) is 51.1 Å². The van der Waals surface area contributed by atoms with Gasteiger partial charge in [0.1, 0.15) is 12.1 Å². The SMILES string of the molecule is Cc1nc2ccccc2[s+]1OC[C@H](O)CN1CCN(CC(=O)Nc2cnc3ccccc3c2)CC1. The first-order valence-corrected chi connectivity index (χ1v) is 13.0. The van der Waals surface area contributed by atoms with Crippen LogP contribution in [-0.2, 0) is 4.79 Å². The van der Waals surface area contributed by atoms with Crippen LogP contribution in [0.3, 0.4) is 0 Å². The zero-order valence-electron chi connectivity index (χ0n) is 19.8. The van der Waals surface area contributed by atoms with Crippen molar-refractivity contribution in [3.05, 3.63) is 65.8 Å². The molecule has 2 N–H and O–H groups in total. The van der Waals surface area contributed by atoms with Crippen molar-refractivity contribution in [3.63, 3.8) is 0 Å². The molecule has 0 spiro atoms. The van der Waals surface area contributed by atoms with Crippen LogP contribution in [-0.4, -0.2) is 82.8 Å². The molecule has 3 heterocycles. The summed E-state index contributed by atoms with van der Waals surface area (Å²) in [6.07, 6.45) is 1.12. The summed E-state index contributed by atoms with van der Waals surface area (Å²) >= 11 is 0. The number of hydrogen-bond acceptors (Lipinski definition) is 7. The van der Waals surface area contributed by atoms with Gasteiger partial charge in [-0.15, -0.1) is 4.18 Å². The average Bonchev–Trinajstić information content (AvgIpc) is 3.18. The lowest BCUT2D eigenvalue weighted by atomic mass is 10.2. The first kappa shape index (κ1) is 23.8. The van der Waals surface area contributed by atoms with E-state index in [2.05, 4.69) is 25.1 Å². The molecule has 1 saturated heterocycles. The second-order valence-electron chi connectivity index (χ2n) is 8.85. The number of anilines is 1. The van der Waals surface area contributed by atoms with Crippen LogP contribution in [0, 0.1) is 6.92 Å². The van der Waals surface area contributed by atoms with Crippen molar-refractivity contribution in [2.75, 3.05) is 51.2 Å². The van der Waals surface area contributed by atoms with Crippen LogP contribution in [0.15, 0.2) is 60.8 Å². The van der Waals surface area contributed by atoms with E-state index in [0.717, 1.165) is 52.3 Å². The number of aliphatic hydroxyl groups excluding tert-OH is 1. The summed E-state index contributed by atoms with van der Waals surface area (Å²) in [5, 5.41) is 15.5. The molecular weight excluding hydrogens is 462 g/mol. The third-order valence-electron chi connectivity index (χ3n) is 6.16. The quantitative estimate of drug-likeness (QED) is 0.366. The number of aromatic nitrogens is 2. The van der Waals surface area contributed by atoms with Gasteiger partial charge in [-0.1, -0.05) is 30.3 Å². The van der Waals surface area contributed by atoms with Gasteiger partial charge in [-0.05, 0) is 18.2 Å². The molecule has 0 saturated carbocycles. The van der Waals surface area contributed by atoms with E-state index in [-0.39, 0.29) is 12.5 Å². The van der Waals surface area contributed by atoms with E-state index < -0.39 is 16.9 Å². The Balaban J connectivity index is 1.05. The monoisotopic (exact) mass is 492 g/mol. The molecule has 1 fully saturated rings. The smallest absolute Gasteiger partial charge is 0.276 e. The van der Waals surface area contributed by atoms with Crippen molar-refractivity contribution < 1.29 is 14.1 Å². The van der Waals surface area contributed by atoms with Crippen molar-refractivity contribution in [2.45, 2.75) is 13.0 Å². The van der Waals surface area contributed by atoms with Crippen molar-refractivity contribution in [2.24, 2.45) is 0 Å². The van der Waals surface area contributed by atoms with Crippen LogP contribution in [0.25, 0.3) is 21.1 Å². The molecule has 1 aliphatic rings. The lowest BCUT2D eigenvalue weighted by Crippen LogP contribution is -2.50. The van der Waals surface area contributed by atoms with Gasteiger partial charge in [0.25, 0.3) is 5.01 Å². The van der Waals surface area contributed by atoms with E-state index >= 15 is 0 Å². The molecule has 8 nitrogen and oxygen atoms in total. The Bertz CT molecular complexity index is 1320. The molecule has 1 amide bonds. The standard InChI is InChI=1S/C26H29N5O3S/c1-19-28-24-8-4-5-9-25(24)35(19)34-18-22(32)16-30-10-12-31(13-11-30)17-26(33)29-21-14-20-6-2-3-7-23(20)27-15-21/h2-9,14-15,22,32H,10-13,16-18H2,1H3/p+1/t22-,35?/m1/s1. The third kappa shape index (κ3) is 5.83. The topological polar surface area (TPSA) is 90.8 Å². The highest BCUT2D eigenvalue weighted by Crippen LogP contribution is 2.31. The average molecular weight is 493 g/mol. The number of piperazine rings is 1. The third-order valence-corrected chi connectivity index (χ3v) is 7.91. The lowest BCUT2D eigenvalue weighted by Gasteiger charge is -2.34. The molecule has 4 aromatic rings. The number of nitrogens with zero attached hydrogens (tertiary/aromatic N) is 4. The number of fused-ring (bicyclic) bond motifs is 2. The molecule has 2 aromatic heterocycles. The van der Waals surface area contributed by atoms with E-state index in [9.17, 15) is 9.90 Å². The summed E-state index contributed by atoms with van der Waals surface area (Å²) in [6.45, 7) is 6.30. The number of amides is 1. The predicted molar refractivity (Wildman–Crippen MR) is 140 cm³/mol. The Kier molecular flexibility index (Phi) is 7.31. The number of carbonyl (C=O) groups excluding carboxylic acids is 1. The molecule has 1 unspecified atom stereocenters. The Morgan fingerprint density at radius 3 is 2.63 bits per heavy atom. The van der Waals surface area contributed by atoms with Crippen LogP contribution >= 0.6 is 10.8 Å². The number of rotatable bonds is 8. The fourth-order valence-electron chi connectivity index (χ4n) is 4.40. The van der Waals surface area contributed by atoms with Gasteiger partial charge in [0.05, 0.1) is 30.0 Å². The van der Waals surface area contributed by atoms with Crippen LogP contribution in [0.4, 0.5) is 5.69 Å². The number of thiazole rings is 1. The summed E-state index contributed by atoms with van der Waals surface area (Å²) in [5.74, 6) is -0.0427. The number of aryl methyl sites for hydroxylation is 1. The highest BCUT2D eigenvalue weighted by Gasteiger charge is 2.25. The second kappa shape index (κ2) is 10.8. The highest BCUT2D eigenvalue weighted by atomic mass is 32.2. The second-order valence-corrected chi connectivity index (χ2v) is 10.7. The van der Waals surface area contributed by atoms with Gasteiger partial charge in [-0.25, -0.2) is 0 Å². The van der Waals surface area contributed by atoms with Crippen molar-refractivity contribution in [3.8, 4) is 0 Å². The number of aliphatic hydroxyl groups is 1. The van der Waals surface area contributed by atoms with Gasteiger partial charge in [0.15, 0.2) is 10.8 Å². The molecule has 9 heteroatoms. The Morgan fingerprint density at radius 1 is 1.09 bits per heavy atom. The van der Waals surface area contributed by atoms with E-state index in [4.69, 9.17) is 4.18 Å². The van der Waals surface area contributed by atoms with Crippen LogP contribution in [0.2, 0.25) is 0 Å². The van der Waals surface area contributed by atoms with Crippen molar-refractivity contribution in [1.82, 2.24) is 19.8 Å². The number of benzene rings is 2. The summed E-state index contributed by atoms with van der Waals surface area (Å²) in [5.41, 5.74) is 2.58. The number of para-hydroxylation sites is 2. The van der Waals surface area contributed by atoms with Crippen molar-refractivity contribution in [1.29, 1.82) is 0 Å². The van der Waals surface area contributed by atoms with Gasteiger partial charge in [0.2, 0.25) is 10.6 Å². The molecule has 2 atom stereocenters. The number of nitrogens with one attached hydrogen (secondary N) is 1. The van der Waals surface area contributed by atoms with E-state index in [0.29, 0.717) is 18.8 Å². The molecular formula is C26H30N5O3S+. The Hall–Kier alpha value is -2.95. The molecule has 2 aromatic carbocycles. The van der Waals surface area contributed by atoms with Crippen LogP contribution in [0.1, 0.15) is 5.01 Å². The summed E-state index contributed by atoms with van der Waals surface area (Å²) in [7, 11) is -0.497. The largest absolute Gasteiger partial charge is 0.389 e. The summed E-state index contributed by atoms with van der Waals surface area (Å²) in [4.78, 5) is 25.9. The molecule has 1 aliphatic heterocycles. The molecule has 5 rings (SSSR count). The van der Waals surface area contributed by atoms with Crippen molar-refractivity contribution >= 4 is 43.5 Å². The maximum absolute atomic E-state index is 12.5. The fourth-order valence-corrected chi connectivity index (χ4v) is 5.99. The maximum Gasteiger partial charge on any atom is 0.276 e. The number of pyridine rings is 1. The van der Waals surface area contributed by atoms with E-state index in [1.165, 1.54) is 0 Å². The first-order valence-electron chi connectivity index (χ1n) is 11.8. The highest BCUT2D eigenvalue weighted by molar-refractivity contribution is 7.32. The first-order chi connectivity index (χ1) is 17.0. The number of β-amino-alcohol motifs (C(OH)–C–C–N with tert-alkyl or cyclic N) is 1. The number of hydrogen-bond donors (Lipinski definition) is 2. The molecule has 0 aliphatic carbocycles. The fraction of sp³-hybridized carbons (Fsp3) is 0.346. The number of carbonyl (C=O) groups is 1. The minimum Gasteiger partial charge on any atom is -0.389 e. The zero-order chi connectivity index (χ0) is 24.2. The lowest BCUT2D eigenvalue weighted by molar-refractivity contribution is -0.117. The van der Waals surface area contributed by atoms with Crippen LogP contribution < -0.4 is 9.50 Å². The maximum atomic E-state index is 12.5. The normalized spacial score (nSPS) is 16.6. The minimum atomic E-state index is -0.571.